The molecule has 0 aromatic heterocycles. The summed E-state index contributed by atoms with van der Waals surface area (Å²) in [6.07, 6.45) is 1.14. The van der Waals surface area contributed by atoms with E-state index in [2.05, 4.69) is 5.32 Å². The van der Waals surface area contributed by atoms with Gasteiger partial charge in [-0.25, -0.2) is 8.42 Å². The zero-order valence-electron chi connectivity index (χ0n) is 24.3. The Morgan fingerprint density at radius 2 is 1.27 bits per heavy atom. The average molecular weight is 564 g/mol. The molecule has 7 nitrogen and oxygen atoms in total. The van der Waals surface area contributed by atoms with E-state index in [4.69, 9.17) is 0 Å². The maximum absolute atomic E-state index is 14.1. The number of carbonyl (C=O) groups excluding carboxylic acids is 2. The van der Waals surface area contributed by atoms with Gasteiger partial charge in [0.15, 0.2) is 0 Å². The molecule has 0 heterocycles. The van der Waals surface area contributed by atoms with Gasteiger partial charge in [-0.3, -0.25) is 13.9 Å². The Labute approximate surface area is 239 Å². The molecule has 0 saturated carbocycles. The molecule has 0 aliphatic rings. The fourth-order valence-electron chi connectivity index (χ4n) is 4.33. The monoisotopic (exact) mass is 563 g/mol. The minimum Gasteiger partial charge on any atom is -0.352 e. The number of anilines is 1. The quantitative estimate of drug-likeness (QED) is 0.314. The van der Waals surface area contributed by atoms with Crippen LogP contribution in [0.1, 0.15) is 55.9 Å². The molecule has 2 atom stereocenters. The van der Waals surface area contributed by atoms with Crippen LogP contribution in [0, 0.1) is 20.8 Å². The van der Waals surface area contributed by atoms with Crippen LogP contribution in [0.15, 0.2) is 77.7 Å². The van der Waals surface area contributed by atoms with E-state index >= 15 is 0 Å². The summed E-state index contributed by atoms with van der Waals surface area (Å²) in [7, 11) is -4.08. The van der Waals surface area contributed by atoms with Crippen molar-refractivity contribution in [2.24, 2.45) is 0 Å². The first-order chi connectivity index (χ1) is 19.0. The number of amides is 2. The normalized spacial score (nSPS) is 12.8. The zero-order valence-corrected chi connectivity index (χ0v) is 25.2. The van der Waals surface area contributed by atoms with E-state index in [1.807, 2.05) is 77.9 Å². The van der Waals surface area contributed by atoms with E-state index < -0.39 is 28.5 Å². The Balaban J connectivity index is 2.04. The van der Waals surface area contributed by atoms with Gasteiger partial charge in [-0.2, -0.15) is 0 Å². The van der Waals surface area contributed by atoms with E-state index in [-0.39, 0.29) is 23.4 Å². The lowest BCUT2D eigenvalue weighted by molar-refractivity contribution is -0.140. The van der Waals surface area contributed by atoms with Gasteiger partial charge in [0.05, 0.1) is 10.6 Å². The third-order valence-corrected chi connectivity index (χ3v) is 8.86. The highest BCUT2D eigenvalue weighted by atomic mass is 32.2. The smallest absolute Gasteiger partial charge is 0.264 e. The lowest BCUT2D eigenvalue weighted by Gasteiger charge is -2.33. The lowest BCUT2D eigenvalue weighted by Crippen LogP contribution is -2.53. The van der Waals surface area contributed by atoms with Gasteiger partial charge in [0.1, 0.15) is 12.6 Å². The highest BCUT2D eigenvalue weighted by molar-refractivity contribution is 7.92. The average Bonchev–Trinajstić information content (AvgIpc) is 2.93. The van der Waals surface area contributed by atoms with Crippen LogP contribution in [-0.4, -0.2) is 43.8 Å². The summed E-state index contributed by atoms with van der Waals surface area (Å²) in [5.41, 5.74) is 4.22. The zero-order chi connectivity index (χ0) is 29.4. The summed E-state index contributed by atoms with van der Waals surface area (Å²) < 4.78 is 29.0. The Morgan fingerprint density at radius 3 is 1.77 bits per heavy atom. The van der Waals surface area contributed by atoms with Gasteiger partial charge in [0.25, 0.3) is 10.0 Å². The molecule has 3 aromatic carbocycles. The molecule has 0 fully saturated rings. The first-order valence-corrected chi connectivity index (χ1v) is 15.2. The number of sulfonamides is 1. The van der Waals surface area contributed by atoms with Gasteiger partial charge >= 0.3 is 0 Å². The van der Waals surface area contributed by atoms with Gasteiger partial charge in [-0.1, -0.05) is 79.1 Å². The Bertz CT molecular complexity index is 1390. The van der Waals surface area contributed by atoms with E-state index in [1.165, 1.54) is 4.90 Å². The Morgan fingerprint density at radius 1 is 0.775 bits per heavy atom. The van der Waals surface area contributed by atoms with Crippen molar-refractivity contribution in [3.63, 3.8) is 0 Å². The lowest BCUT2D eigenvalue weighted by atomic mass is 10.1. The van der Waals surface area contributed by atoms with Crippen LogP contribution in [0.5, 0.6) is 0 Å². The van der Waals surface area contributed by atoms with Crippen LogP contribution in [0.2, 0.25) is 0 Å². The van der Waals surface area contributed by atoms with E-state index in [9.17, 15) is 18.0 Å². The molecule has 0 aliphatic heterocycles. The van der Waals surface area contributed by atoms with Crippen LogP contribution in [0.3, 0.4) is 0 Å². The van der Waals surface area contributed by atoms with Crippen molar-refractivity contribution >= 4 is 27.5 Å². The molecule has 214 valence electrons. The predicted octanol–water partition coefficient (Wildman–Crippen LogP) is 5.53. The minimum absolute atomic E-state index is 0.0520. The first-order valence-electron chi connectivity index (χ1n) is 13.8. The third-order valence-electron chi connectivity index (χ3n) is 7.07. The number of aryl methyl sites for hydroxylation is 3. The summed E-state index contributed by atoms with van der Waals surface area (Å²) in [4.78, 5) is 29.0. The standard InChI is InChI=1S/C32H41N3O4S/c1-7-26(6)33-32(37)30(8-2)34(21-27-15-9-23(3)10-16-27)31(36)22-35(28-17-11-24(4)12-18-28)40(38,39)29-19-13-25(5)14-20-29/h9-20,26,30H,7-8,21-22H2,1-6H3,(H,33,37)/t26-,30-/m1/s1. The molecule has 1 N–H and O–H groups in total. The van der Waals surface area contributed by atoms with E-state index in [0.29, 0.717) is 12.1 Å². The molecule has 3 rings (SSSR count). The van der Waals surface area contributed by atoms with Crippen LogP contribution in [0.4, 0.5) is 5.69 Å². The maximum Gasteiger partial charge on any atom is 0.264 e. The summed E-state index contributed by atoms with van der Waals surface area (Å²) in [5, 5.41) is 3.00. The highest BCUT2D eigenvalue weighted by Crippen LogP contribution is 2.25. The summed E-state index contributed by atoms with van der Waals surface area (Å²) in [6.45, 7) is 11.3. The van der Waals surface area contributed by atoms with Crippen molar-refractivity contribution < 1.29 is 18.0 Å². The number of rotatable bonds is 12. The minimum atomic E-state index is -4.08. The molecule has 40 heavy (non-hydrogen) atoms. The van der Waals surface area contributed by atoms with Crippen LogP contribution in [0.25, 0.3) is 0 Å². The molecule has 8 heteroatoms. The Kier molecular flexibility index (Phi) is 10.5. The van der Waals surface area contributed by atoms with Gasteiger partial charge in [-0.05, 0) is 70.4 Å². The van der Waals surface area contributed by atoms with Crippen molar-refractivity contribution in [1.29, 1.82) is 0 Å². The van der Waals surface area contributed by atoms with Crippen molar-refractivity contribution in [3.8, 4) is 0 Å². The maximum atomic E-state index is 14.1. The fourth-order valence-corrected chi connectivity index (χ4v) is 5.74. The first kappa shape index (κ1) is 30.9. The second-order valence-electron chi connectivity index (χ2n) is 10.4. The molecule has 0 saturated heterocycles. The molecule has 3 aromatic rings. The molecule has 0 spiro atoms. The van der Waals surface area contributed by atoms with Gasteiger partial charge in [0.2, 0.25) is 11.8 Å². The largest absolute Gasteiger partial charge is 0.352 e. The van der Waals surface area contributed by atoms with Crippen LogP contribution < -0.4 is 9.62 Å². The van der Waals surface area contributed by atoms with Crippen LogP contribution >= 0.6 is 0 Å². The summed E-state index contributed by atoms with van der Waals surface area (Å²) in [6, 6.07) is 20.6. The van der Waals surface area contributed by atoms with Crippen molar-refractivity contribution in [2.45, 2.75) is 77.9 Å². The van der Waals surface area contributed by atoms with Gasteiger partial charge in [-0.15, -0.1) is 0 Å². The predicted molar refractivity (Wildman–Crippen MR) is 161 cm³/mol. The molecule has 0 bridgehead atoms. The number of hydrogen-bond acceptors (Lipinski definition) is 4. The molecule has 0 radical (unpaired) electrons. The molecule has 0 unspecified atom stereocenters. The van der Waals surface area contributed by atoms with Crippen molar-refractivity contribution in [1.82, 2.24) is 10.2 Å². The third kappa shape index (κ3) is 7.72. The highest BCUT2D eigenvalue weighted by Gasteiger charge is 2.34. The van der Waals surface area contributed by atoms with Gasteiger partial charge < -0.3 is 10.2 Å². The number of nitrogens with zero attached hydrogens (tertiary/aromatic N) is 2. The van der Waals surface area contributed by atoms with E-state index in [1.54, 1.807) is 36.4 Å². The Hall–Kier alpha value is -3.65. The number of hydrogen-bond donors (Lipinski definition) is 1. The second-order valence-corrected chi connectivity index (χ2v) is 12.3. The molecule has 0 aliphatic carbocycles. The topological polar surface area (TPSA) is 86.8 Å². The molecular formula is C32H41N3O4S. The number of nitrogens with one attached hydrogen (secondary N) is 1. The van der Waals surface area contributed by atoms with Crippen LogP contribution in [-0.2, 0) is 26.2 Å². The van der Waals surface area contributed by atoms with Crippen molar-refractivity contribution in [3.05, 3.63) is 95.1 Å². The number of benzene rings is 3. The summed E-state index contributed by atoms with van der Waals surface area (Å²) in [5.74, 6) is -0.705. The molecule has 2 amide bonds. The SMILES string of the molecule is CC[C@@H](C)NC(=O)[C@@H](CC)N(Cc1ccc(C)cc1)C(=O)CN(c1ccc(C)cc1)S(=O)(=O)c1ccc(C)cc1. The summed E-state index contributed by atoms with van der Waals surface area (Å²) >= 11 is 0. The fraction of sp³-hybridized carbons (Fsp3) is 0.375. The van der Waals surface area contributed by atoms with Gasteiger partial charge in [0, 0.05) is 12.6 Å². The van der Waals surface area contributed by atoms with Crippen molar-refractivity contribution in [2.75, 3.05) is 10.8 Å². The second kappa shape index (κ2) is 13.6. The number of carbonyl (C=O) groups is 2. The van der Waals surface area contributed by atoms with E-state index in [0.717, 1.165) is 33.0 Å². The molecular weight excluding hydrogens is 522 g/mol.